The van der Waals surface area contributed by atoms with Crippen molar-refractivity contribution in [1.82, 2.24) is 19.5 Å². The first kappa shape index (κ1) is 13.5. The van der Waals surface area contributed by atoms with E-state index in [1.165, 1.54) is 0 Å². The summed E-state index contributed by atoms with van der Waals surface area (Å²) in [4.78, 5) is 12.9. The second-order valence-corrected chi connectivity index (χ2v) is 6.10. The zero-order valence-corrected chi connectivity index (χ0v) is 12.0. The van der Waals surface area contributed by atoms with Gasteiger partial charge in [-0.2, -0.15) is 9.97 Å². The molecule has 0 amide bonds. The van der Waals surface area contributed by atoms with Gasteiger partial charge in [-0.25, -0.2) is 4.98 Å². The Morgan fingerprint density at radius 1 is 1.36 bits per heavy atom. The van der Waals surface area contributed by atoms with E-state index in [-0.39, 0.29) is 19.2 Å². The summed E-state index contributed by atoms with van der Waals surface area (Å²) >= 11 is 0. The molecule has 22 heavy (non-hydrogen) atoms. The molecule has 5 N–H and O–H groups in total. The average molecular weight is 302 g/mol. The summed E-state index contributed by atoms with van der Waals surface area (Å²) in [7, 11) is 0. The van der Waals surface area contributed by atoms with Gasteiger partial charge in [0, 0.05) is 17.7 Å². The maximum atomic E-state index is 9.38. The number of nitrogens with zero attached hydrogens (tertiary/aromatic N) is 4. The lowest BCUT2D eigenvalue weighted by molar-refractivity contribution is 0.143. The van der Waals surface area contributed by atoms with Gasteiger partial charge in [0.15, 0.2) is 17.0 Å². The fraction of sp³-hybridized carbons (Fsp3) is 0.500. The molecule has 2 aliphatic carbocycles. The molecule has 2 aromatic heterocycles. The molecule has 2 aliphatic rings. The van der Waals surface area contributed by atoms with Crippen LogP contribution in [0.4, 0.5) is 11.8 Å². The molecule has 116 valence electrons. The molecule has 0 bridgehead atoms. The minimum atomic E-state index is -0.496. The topological polar surface area (TPSA) is 122 Å². The molecule has 2 heterocycles. The van der Waals surface area contributed by atoms with Crippen molar-refractivity contribution in [3.05, 3.63) is 11.9 Å². The normalized spacial score (nSPS) is 21.5. The average Bonchev–Trinajstić information content (AvgIpc) is 3.40. The third kappa shape index (κ3) is 2.11. The summed E-state index contributed by atoms with van der Waals surface area (Å²) < 4.78 is 1.77. The predicted octanol–water partition coefficient (Wildman–Crippen LogP) is 0.198. The van der Waals surface area contributed by atoms with E-state index in [0.717, 1.165) is 18.4 Å². The maximum Gasteiger partial charge on any atom is 0.224 e. The Bertz CT molecular complexity index is 760. The predicted molar refractivity (Wildman–Crippen MR) is 81.9 cm³/mol. The molecular formula is C14H18N6O2. The van der Waals surface area contributed by atoms with Gasteiger partial charge in [-0.3, -0.25) is 4.57 Å². The molecule has 0 aromatic carbocycles. The summed E-state index contributed by atoms with van der Waals surface area (Å²) in [5.74, 6) is 0.857. The smallest absolute Gasteiger partial charge is 0.224 e. The fourth-order valence-electron chi connectivity index (χ4n) is 2.59. The first-order valence-corrected chi connectivity index (χ1v) is 7.35. The van der Waals surface area contributed by atoms with Crippen LogP contribution in [-0.4, -0.2) is 49.0 Å². The molecular weight excluding hydrogens is 284 g/mol. The Kier molecular flexibility index (Phi) is 2.85. The molecule has 8 heteroatoms. The van der Waals surface area contributed by atoms with E-state index in [1.807, 2.05) is 6.20 Å². The number of nitrogens with one attached hydrogen (secondary N) is 1. The standard InChI is InChI=1S/C14H18N6O2/c15-13-18-11(17-9-1-2-9)10-12(19-13)20(7-16-10)4-8-3-14(8,5-21)6-22/h4,7,9,21-22H,1-3,5-6H2,(H3,15,17,18,19)/b8-4-. The Balaban J connectivity index is 1.74. The summed E-state index contributed by atoms with van der Waals surface area (Å²) in [6, 6.07) is 0.445. The highest BCUT2D eigenvalue weighted by atomic mass is 16.3. The molecule has 0 spiro atoms. The van der Waals surface area contributed by atoms with Crippen molar-refractivity contribution in [1.29, 1.82) is 0 Å². The van der Waals surface area contributed by atoms with E-state index in [0.29, 0.717) is 29.4 Å². The van der Waals surface area contributed by atoms with Gasteiger partial charge in [0.25, 0.3) is 0 Å². The zero-order valence-electron chi connectivity index (χ0n) is 12.0. The zero-order chi connectivity index (χ0) is 15.3. The van der Waals surface area contributed by atoms with Crippen LogP contribution in [0.2, 0.25) is 0 Å². The van der Waals surface area contributed by atoms with Crippen LogP contribution in [0.3, 0.4) is 0 Å². The molecule has 2 saturated carbocycles. The maximum absolute atomic E-state index is 9.38. The van der Waals surface area contributed by atoms with Crippen LogP contribution in [0.15, 0.2) is 11.9 Å². The molecule has 0 unspecified atom stereocenters. The number of anilines is 2. The molecule has 8 nitrogen and oxygen atoms in total. The summed E-state index contributed by atoms with van der Waals surface area (Å²) in [5, 5.41) is 22.1. The van der Waals surface area contributed by atoms with Crippen molar-refractivity contribution in [3.8, 4) is 0 Å². The van der Waals surface area contributed by atoms with Crippen molar-refractivity contribution >= 4 is 29.1 Å². The van der Waals surface area contributed by atoms with Gasteiger partial charge >= 0.3 is 0 Å². The minimum Gasteiger partial charge on any atom is -0.395 e. The third-order valence-corrected chi connectivity index (χ3v) is 4.34. The summed E-state index contributed by atoms with van der Waals surface area (Å²) in [5.41, 5.74) is 7.58. The molecule has 2 aromatic rings. The number of imidazole rings is 1. The van der Waals surface area contributed by atoms with Crippen LogP contribution in [-0.2, 0) is 0 Å². The second-order valence-electron chi connectivity index (χ2n) is 6.10. The lowest BCUT2D eigenvalue weighted by Gasteiger charge is -2.06. The van der Waals surface area contributed by atoms with E-state index in [2.05, 4.69) is 20.3 Å². The third-order valence-electron chi connectivity index (χ3n) is 4.34. The fourth-order valence-corrected chi connectivity index (χ4v) is 2.59. The van der Waals surface area contributed by atoms with Gasteiger partial charge in [0.05, 0.1) is 13.2 Å². The number of hydrogen-bond acceptors (Lipinski definition) is 7. The Morgan fingerprint density at radius 2 is 2.14 bits per heavy atom. The van der Waals surface area contributed by atoms with Crippen molar-refractivity contribution in [2.24, 2.45) is 5.41 Å². The number of nitrogens with two attached hydrogens (primary N) is 1. The van der Waals surface area contributed by atoms with Crippen LogP contribution in [0.25, 0.3) is 17.4 Å². The van der Waals surface area contributed by atoms with Crippen molar-refractivity contribution < 1.29 is 10.2 Å². The highest BCUT2D eigenvalue weighted by Crippen LogP contribution is 2.51. The lowest BCUT2D eigenvalue weighted by Crippen LogP contribution is -2.12. The van der Waals surface area contributed by atoms with Crippen molar-refractivity contribution in [2.75, 3.05) is 24.3 Å². The molecule has 2 fully saturated rings. The Morgan fingerprint density at radius 3 is 2.77 bits per heavy atom. The monoisotopic (exact) mass is 302 g/mol. The number of rotatable bonds is 5. The number of nitrogen functional groups attached to an aromatic ring is 1. The SMILES string of the molecule is Nc1nc(NC2CC2)c2ncn(/C=C3/CC3(CO)CO)c2n1. The quantitative estimate of drug-likeness (QED) is 0.622. The minimum absolute atomic E-state index is 0.0619. The first-order chi connectivity index (χ1) is 10.6. The molecule has 0 radical (unpaired) electrons. The van der Waals surface area contributed by atoms with E-state index >= 15 is 0 Å². The van der Waals surface area contributed by atoms with Crippen molar-refractivity contribution in [3.63, 3.8) is 0 Å². The van der Waals surface area contributed by atoms with Crippen LogP contribution >= 0.6 is 0 Å². The summed E-state index contributed by atoms with van der Waals surface area (Å²) in [6.07, 6.45) is 6.45. The van der Waals surface area contributed by atoms with E-state index in [9.17, 15) is 10.2 Å². The lowest BCUT2D eigenvalue weighted by atomic mass is 10.1. The second kappa shape index (κ2) is 4.65. The number of aromatic nitrogens is 4. The van der Waals surface area contributed by atoms with Gasteiger partial charge in [-0.15, -0.1) is 0 Å². The van der Waals surface area contributed by atoms with E-state index < -0.39 is 5.41 Å². The highest BCUT2D eigenvalue weighted by molar-refractivity contribution is 5.85. The molecule has 4 rings (SSSR count). The first-order valence-electron chi connectivity index (χ1n) is 7.35. The van der Waals surface area contributed by atoms with Gasteiger partial charge in [0.1, 0.15) is 6.33 Å². The van der Waals surface area contributed by atoms with E-state index in [4.69, 9.17) is 5.73 Å². The van der Waals surface area contributed by atoms with Gasteiger partial charge in [0.2, 0.25) is 5.95 Å². The number of aliphatic hydroxyl groups is 2. The largest absolute Gasteiger partial charge is 0.395 e. The Hall–Kier alpha value is -2.19. The van der Waals surface area contributed by atoms with Crippen LogP contribution < -0.4 is 11.1 Å². The number of aliphatic hydroxyl groups excluding tert-OH is 2. The number of hydrogen-bond donors (Lipinski definition) is 4. The molecule has 0 atom stereocenters. The highest BCUT2D eigenvalue weighted by Gasteiger charge is 2.48. The van der Waals surface area contributed by atoms with E-state index in [1.54, 1.807) is 10.9 Å². The van der Waals surface area contributed by atoms with Gasteiger partial charge < -0.3 is 21.3 Å². The van der Waals surface area contributed by atoms with Crippen LogP contribution in [0.5, 0.6) is 0 Å². The Labute approximate surface area is 126 Å². The van der Waals surface area contributed by atoms with Gasteiger partial charge in [-0.1, -0.05) is 0 Å². The van der Waals surface area contributed by atoms with Gasteiger partial charge in [-0.05, 0) is 24.8 Å². The van der Waals surface area contributed by atoms with Crippen molar-refractivity contribution in [2.45, 2.75) is 25.3 Å². The molecule has 0 saturated heterocycles. The van der Waals surface area contributed by atoms with Crippen LogP contribution in [0.1, 0.15) is 19.3 Å². The molecule has 0 aliphatic heterocycles. The summed E-state index contributed by atoms with van der Waals surface area (Å²) in [6.45, 7) is -0.124. The van der Waals surface area contributed by atoms with Crippen LogP contribution in [0, 0.1) is 5.41 Å². The number of fused-ring (bicyclic) bond motifs is 1.